The monoisotopic (exact) mass is 469 g/mol. The molecule has 0 aliphatic carbocycles. The lowest BCUT2D eigenvalue weighted by molar-refractivity contribution is -0.137. The van der Waals surface area contributed by atoms with Crippen LogP contribution in [-0.4, -0.2) is 18.3 Å². The van der Waals surface area contributed by atoms with Crippen molar-refractivity contribution in [2.24, 2.45) is 5.10 Å². The summed E-state index contributed by atoms with van der Waals surface area (Å²) in [6.07, 6.45) is -2.23. The van der Waals surface area contributed by atoms with Crippen LogP contribution in [0.5, 0.6) is 11.5 Å². The number of nitrogens with zero attached hydrogens (tertiary/aromatic N) is 2. The van der Waals surface area contributed by atoms with Crippen LogP contribution in [0.2, 0.25) is 10.0 Å². The largest absolute Gasteiger partial charge is 0.493 e. The Labute approximate surface area is 186 Å². The Balaban J connectivity index is 1.63. The highest BCUT2D eigenvalue weighted by Gasteiger charge is 2.30. The number of hydrazone groups is 1. The molecule has 1 heterocycles. The number of benzene rings is 2. The first-order chi connectivity index (χ1) is 14.8. The van der Waals surface area contributed by atoms with E-state index < -0.39 is 11.7 Å². The fourth-order valence-corrected chi connectivity index (χ4v) is 2.94. The number of anilines is 1. The maximum atomic E-state index is 12.6. The number of methoxy groups -OCH3 is 1. The van der Waals surface area contributed by atoms with Crippen LogP contribution in [0.15, 0.2) is 59.8 Å². The van der Waals surface area contributed by atoms with Crippen molar-refractivity contribution in [1.29, 1.82) is 0 Å². The van der Waals surface area contributed by atoms with Gasteiger partial charge in [-0.05, 0) is 48.0 Å². The lowest BCUT2D eigenvalue weighted by Gasteiger charge is -2.12. The highest BCUT2D eigenvalue weighted by atomic mass is 35.5. The van der Waals surface area contributed by atoms with E-state index in [1.54, 1.807) is 36.4 Å². The topological polar surface area (TPSA) is 55.7 Å². The third-order valence-corrected chi connectivity index (χ3v) is 4.66. The van der Waals surface area contributed by atoms with Gasteiger partial charge in [-0.25, -0.2) is 4.98 Å². The number of nitrogens with one attached hydrogen (secondary N) is 1. The van der Waals surface area contributed by atoms with Gasteiger partial charge in [-0.1, -0.05) is 29.3 Å². The molecule has 31 heavy (non-hydrogen) atoms. The van der Waals surface area contributed by atoms with Gasteiger partial charge >= 0.3 is 6.18 Å². The number of hydrogen-bond donors (Lipinski definition) is 1. The second-order valence-corrected chi connectivity index (χ2v) is 7.08. The van der Waals surface area contributed by atoms with Crippen LogP contribution in [0.25, 0.3) is 0 Å². The number of rotatable bonds is 7. The average molecular weight is 470 g/mol. The Morgan fingerprint density at radius 2 is 1.87 bits per heavy atom. The van der Waals surface area contributed by atoms with Crippen molar-refractivity contribution in [2.45, 2.75) is 12.8 Å². The highest BCUT2D eigenvalue weighted by molar-refractivity contribution is 6.35. The molecule has 0 fully saturated rings. The summed E-state index contributed by atoms with van der Waals surface area (Å²) in [5.74, 6) is 1.15. The second kappa shape index (κ2) is 9.89. The summed E-state index contributed by atoms with van der Waals surface area (Å²) in [7, 11) is 1.50. The predicted molar refractivity (Wildman–Crippen MR) is 114 cm³/mol. The van der Waals surface area contributed by atoms with E-state index in [2.05, 4.69) is 15.5 Å². The molecule has 0 bridgehead atoms. The zero-order valence-electron chi connectivity index (χ0n) is 16.1. The van der Waals surface area contributed by atoms with Gasteiger partial charge in [0.15, 0.2) is 11.5 Å². The van der Waals surface area contributed by atoms with Gasteiger partial charge in [0, 0.05) is 21.8 Å². The van der Waals surface area contributed by atoms with E-state index in [0.29, 0.717) is 27.1 Å². The highest BCUT2D eigenvalue weighted by Crippen LogP contribution is 2.30. The van der Waals surface area contributed by atoms with Crippen LogP contribution in [0.1, 0.15) is 16.7 Å². The molecule has 0 radical (unpaired) electrons. The molecule has 0 saturated heterocycles. The van der Waals surface area contributed by atoms with Gasteiger partial charge in [0.05, 0.1) is 18.9 Å². The number of hydrogen-bond acceptors (Lipinski definition) is 5. The summed E-state index contributed by atoms with van der Waals surface area (Å²) >= 11 is 12.0. The van der Waals surface area contributed by atoms with Gasteiger partial charge in [-0.15, -0.1) is 0 Å². The van der Waals surface area contributed by atoms with Crippen LogP contribution < -0.4 is 14.9 Å². The maximum Gasteiger partial charge on any atom is 0.417 e. The standard InChI is InChI=1S/C21H16Cl2F3N3O2/c1-30-19-8-13(10-28-29-20-7-4-15(11-27-20)21(24,25)26)2-6-18(19)31-12-14-3-5-16(22)9-17(14)23/h2-11H,12H2,1H3,(H,27,29)/b28-10-. The van der Waals surface area contributed by atoms with Crippen LogP contribution >= 0.6 is 23.2 Å². The molecule has 0 saturated carbocycles. The van der Waals surface area contributed by atoms with Crippen molar-refractivity contribution in [3.63, 3.8) is 0 Å². The first-order valence-corrected chi connectivity index (χ1v) is 9.59. The van der Waals surface area contributed by atoms with E-state index in [1.165, 1.54) is 19.4 Å². The molecule has 10 heteroatoms. The predicted octanol–water partition coefficient (Wildman–Crippen LogP) is 6.44. The van der Waals surface area contributed by atoms with E-state index in [9.17, 15) is 13.2 Å². The van der Waals surface area contributed by atoms with Crippen molar-refractivity contribution in [1.82, 2.24) is 4.98 Å². The van der Waals surface area contributed by atoms with E-state index >= 15 is 0 Å². The Kier molecular flexibility index (Phi) is 7.25. The van der Waals surface area contributed by atoms with Crippen LogP contribution in [-0.2, 0) is 12.8 Å². The zero-order chi connectivity index (χ0) is 22.4. The van der Waals surface area contributed by atoms with Crippen molar-refractivity contribution in [3.8, 4) is 11.5 Å². The van der Waals surface area contributed by atoms with Crippen LogP contribution in [0.4, 0.5) is 19.0 Å². The Morgan fingerprint density at radius 1 is 1.06 bits per heavy atom. The molecule has 0 spiro atoms. The average Bonchev–Trinajstić information content (AvgIpc) is 2.73. The van der Waals surface area contributed by atoms with E-state index in [1.807, 2.05) is 0 Å². The molecule has 0 aliphatic rings. The number of alkyl halides is 3. The molecule has 162 valence electrons. The van der Waals surface area contributed by atoms with E-state index in [0.717, 1.165) is 17.8 Å². The van der Waals surface area contributed by atoms with Gasteiger partial charge in [0.2, 0.25) is 0 Å². The molecule has 1 N–H and O–H groups in total. The van der Waals surface area contributed by atoms with Gasteiger partial charge < -0.3 is 9.47 Å². The lowest BCUT2D eigenvalue weighted by atomic mass is 10.2. The van der Waals surface area contributed by atoms with Gasteiger partial charge in [0.1, 0.15) is 12.4 Å². The molecule has 2 aromatic carbocycles. The van der Waals surface area contributed by atoms with Crippen molar-refractivity contribution >= 4 is 35.2 Å². The third kappa shape index (κ3) is 6.26. The summed E-state index contributed by atoms with van der Waals surface area (Å²) in [5.41, 5.74) is 3.19. The molecule has 3 rings (SSSR count). The molecule has 1 aromatic heterocycles. The molecule has 0 amide bonds. The second-order valence-electron chi connectivity index (χ2n) is 6.23. The van der Waals surface area contributed by atoms with Crippen LogP contribution in [0, 0.1) is 0 Å². The molecule has 0 atom stereocenters. The Morgan fingerprint density at radius 3 is 2.52 bits per heavy atom. The van der Waals surface area contributed by atoms with E-state index in [4.69, 9.17) is 32.7 Å². The smallest absolute Gasteiger partial charge is 0.417 e. The van der Waals surface area contributed by atoms with Crippen molar-refractivity contribution in [3.05, 3.63) is 81.5 Å². The summed E-state index contributed by atoms with van der Waals surface area (Å²) < 4.78 is 48.8. The minimum absolute atomic E-state index is 0.177. The number of pyridine rings is 1. The molecular weight excluding hydrogens is 454 g/mol. The van der Waals surface area contributed by atoms with Gasteiger partial charge in [0.25, 0.3) is 0 Å². The summed E-state index contributed by atoms with van der Waals surface area (Å²) in [6.45, 7) is 0.223. The van der Waals surface area contributed by atoms with Crippen molar-refractivity contribution < 1.29 is 22.6 Å². The lowest BCUT2D eigenvalue weighted by Crippen LogP contribution is -2.05. The number of halogens is 5. The molecule has 3 aromatic rings. The first-order valence-electron chi connectivity index (χ1n) is 8.83. The van der Waals surface area contributed by atoms with E-state index in [-0.39, 0.29) is 12.4 Å². The van der Waals surface area contributed by atoms with Crippen molar-refractivity contribution in [2.75, 3.05) is 12.5 Å². The molecular formula is C21H16Cl2F3N3O2. The SMILES string of the molecule is COc1cc(/C=N\Nc2ccc(C(F)(F)F)cn2)ccc1OCc1ccc(Cl)cc1Cl. The summed E-state index contributed by atoms with van der Waals surface area (Å²) in [6, 6.07) is 12.4. The summed E-state index contributed by atoms with van der Waals surface area (Å²) in [4.78, 5) is 3.68. The van der Waals surface area contributed by atoms with Crippen LogP contribution in [0.3, 0.4) is 0 Å². The fourth-order valence-electron chi connectivity index (χ4n) is 2.48. The molecule has 0 unspecified atom stereocenters. The number of aromatic nitrogens is 1. The Hall–Kier alpha value is -2.97. The summed E-state index contributed by atoms with van der Waals surface area (Å²) in [5, 5.41) is 5.01. The Bertz CT molecular complexity index is 1070. The molecule has 5 nitrogen and oxygen atoms in total. The third-order valence-electron chi connectivity index (χ3n) is 4.07. The quantitative estimate of drug-likeness (QED) is 0.319. The first kappa shape index (κ1) is 22.7. The zero-order valence-corrected chi connectivity index (χ0v) is 17.6. The van der Waals surface area contributed by atoms with Gasteiger partial charge in [-0.3, -0.25) is 5.43 Å². The maximum absolute atomic E-state index is 12.6. The fraction of sp³-hybridized carbons (Fsp3) is 0.143. The normalized spacial score (nSPS) is 11.5. The molecule has 0 aliphatic heterocycles. The van der Waals surface area contributed by atoms with Gasteiger partial charge in [-0.2, -0.15) is 18.3 Å². The number of ether oxygens (including phenoxy) is 2. The minimum Gasteiger partial charge on any atom is -0.493 e. The minimum atomic E-state index is -4.44.